The number of hydrogen-bond donors (Lipinski definition) is 1. The number of aliphatic hydroxyl groups is 1. The Kier molecular flexibility index (Phi) is 6.55. The van der Waals surface area contributed by atoms with Gasteiger partial charge in [0.1, 0.15) is 0 Å². The van der Waals surface area contributed by atoms with Crippen LogP contribution in [0.3, 0.4) is 0 Å². The van der Waals surface area contributed by atoms with Crippen LogP contribution in [-0.2, 0) is 13.1 Å². The van der Waals surface area contributed by atoms with Crippen molar-refractivity contribution in [2.45, 2.75) is 38.9 Å². The van der Waals surface area contributed by atoms with Crippen molar-refractivity contribution in [3.63, 3.8) is 0 Å². The van der Waals surface area contributed by atoms with Gasteiger partial charge in [0.25, 0.3) is 0 Å². The van der Waals surface area contributed by atoms with Gasteiger partial charge in [-0.25, -0.2) is 0 Å². The van der Waals surface area contributed by atoms with Crippen LogP contribution in [0.1, 0.15) is 24.2 Å². The normalized spacial score (nSPS) is 19.4. The van der Waals surface area contributed by atoms with Gasteiger partial charge in [-0.15, -0.1) is 0 Å². The number of piperazine rings is 1. The first-order valence-electron chi connectivity index (χ1n) is 9.22. The van der Waals surface area contributed by atoms with Gasteiger partial charge in [0.2, 0.25) is 0 Å². The molecule has 0 radical (unpaired) electrons. The Morgan fingerprint density at radius 1 is 1.20 bits per heavy atom. The van der Waals surface area contributed by atoms with Crippen molar-refractivity contribution in [1.29, 1.82) is 0 Å². The maximum absolute atomic E-state index is 9.46. The SMILES string of the molecule is Cc1cccc(CN2CCN(CCCn3cccn3)C[C@H]2CCO)n1. The fraction of sp³-hybridized carbons (Fsp3) is 0.579. The highest BCUT2D eigenvalue weighted by molar-refractivity contribution is 5.10. The van der Waals surface area contributed by atoms with Crippen molar-refractivity contribution < 1.29 is 5.11 Å². The maximum atomic E-state index is 9.46. The number of nitrogens with zero attached hydrogens (tertiary/aromatic N) is 5. The monoisotopic (exact) mass is 343 g/mol. The van der Waals surface area contributed by atoms with E-state index in [0.29, 0.717) is 6.04 Å². The number of rotatable bonds is 8. The molecule has 1 N–H and O–H groups in total. The lowest BCUT2D eigenvalue weighted by molar-refractivity contribution is 0.0517. The van der Waals surface area contributed by atoms with E-state index in [1.165, 1.54) is 0 Å². The highest BCUT2D eigenvalue weighted by atomic mass is 16.3. The van der Waals surface area contributed by atoms with Gasteiger partial charge in [0, 0.05) is 70.0 Å². The summed E-state index contributed by atoms with van der Waals surface area (Å²) in [4.78, 5) is 9.62. The smallest absolute Gasteiger partial charge is 0.0547 e. The summed E-state index contributed by atoms with van der Waals surface area (Å²) < 4.78 is 1.99. The lowest BCUT2D eigenvalue weighted by Gasteiger charge is -2.41. The molecule has 0 aromatic carbocycles. The largest absolute Gasteiger partial charge is 0.396 e. The van der Waals surface area contributed by atoms with Crippen molar-refractivity contribution >= 4 is 0 Å². The van der Waals surface area contributed by atoms with Gasteiger partial charge in [-0.1, -0.05) is 6.07 Å². The molecule has 1 aliphatic heterocycles. The quantitative estimate of drug-likeness (QED) is 0.788. The molecule has 3 rings (SSSR count). The first kappa shape index (κ1) is 18.0. The predicted molar refractivity (Wildman–Crippen MR) is 98.2 cm³/mol. The maximum Gasteiger partial charge on any atom is 0.0547 e. The highest BCUT2D eigenvalue weighted by Crippen LogP contribution is 2.16. The van der Waals surface area contributed by atoms with Gasteiger partial charge < -0.3 is 10.0 Å². The van der Waals surface area contributed by atoms with Crippen LogP contribution in [-0.4, -0.2) is 68.5 Å². The summed E-state index contributed by atoms with van der Waals surface area (Å²) in [5.41, 5.74) is 2.18. The molecule has 0 amide bonds. The average molecular weight is 343 g/mol. The summed E-state index contributed by atoms with van der Waals surface area (Å²) in [6, 6.07) is 8.57. The molecular formula is C19H29N5O. The third-order valence-electron chi connectivity index (χ3n) is 4.88. The molecule has 1 aliphatic rings. The van der Waals surface area contributed by atoms with Gasteiger partial charge in [-0.05, 0) is 38.0 Å². The third kappa shape index (κ3) is 5.36. The van der Waals surface area contributed by atoms with E-state index in [1.54, 1.807) is 0 Å². The summed E-state index contributed by atoms with van der Waals surface area (Å²) in [6.07, 6.45) is 5.77. The molecule has 3 heterocycles. The second-order valence-corrected chi connectivity index (χ2v) is 6.83. The minimum Gasteiger partial charge on any atom is -0.396 e. The van der Waals surface area contributed by atoms with Crippen LogP contribution < -0.4 is 0 Å². The van der Waals surface area contributed by atoms with Gasteiger partial charge in [-0.2, -0.15) is 5.10 Å². The summed E-state index contributed by atoms with van der Waals surface area (Å²) >= 11 is 0. The second kappa shape index (κ2) is 9.08. The molecule has 0 unspecified atom stereocenters. The summed E-state index contributed by atoms with van der Waals surface area (Å²) in [7, 11) is 0. The Morgan fingerprint density at radius 3 is 2.88 bits per heavy atom. The molecular weight excluding hydrogens is 314 g/mol. The average Bonchev–Trinajstić information content (AvgIpc) is 3.11. The van der Waals surface area contributed by atoms with E-state index in [2.05, 4.69) is 32.0 Å². The Bertz CT molecular complexity index is 631. The molecule has 136 valence electrons. The van der Waals surface area contributed by atoms with Crippen LogP contribution in [0.2, 0.25) is 0 Å². The van der Waals surface area contributed by atoms with Crippen molar-refractivity contribution in [2.75, 3.05) is 32.8 Å². The number of hydrogen-bond acceptors (Lipinski definition) is 5. The molecule has 2 aromatic rings. The molecule has 25 heavy (non-hydrogen) atoms. The molecule has 1 fully saturated rings. The van der Waals surface area contributed by atoms with Crippen LogP contribution >= 0.6 is 0 Å². The standard InChI is InChI=1S/C19H29N5O/c1-17-5-2-6-18(21-17)15-23-13-12-22(16-19(23)7-14-25)9-4-11-24-10-3-8-20-24/h2-3,5-6,8,10,19,25H,4,7,9,11-16H2,1H3/t19-/m1/s1. The highest BCUT2D eigenvalue weighted by Gasteiger charge is 2.26. The minimum absolute atomic E-state index is 0.240. The lowest BCUT2D eigenvalue weighted by atomic mass is 10.1. The fourth-order valence-electron chi connectivity index (χ4n) is 3.58. The summed E-state index contributed by atoms with van der Waals surface area (Å²) in [5.74, 6) is 0. The van der Waals surface area contributed by atoms with Crippen molar-refractivity contribution in [3.8, 4) is 0 Å². The van der Waals surface area contributed by atoms with Crippen LogP contribution in [0.5, 0.6) is 0 Å². The fourth-order valence-corrected chi connectivity index (χ4v) is 3.58. The Balaban J connectivity index is 1.51. The Hall–Kier alpha value is -1.76. The van der Waals surface area contributed by atoms with E-state index in [0.717, 1.165) is 63.5 Å². The molecule has 0 bridgehead atoms. The topological polar surface area (TPSA) is 57.4 Å². The van der Waals surface area contributed by atoms with Crippen molar-refractivity contribution in [2.24, 2.45) is 0 Å². The van der Waals surface area contributed by atoms with Gasteiger partial charge in [0.05, 0.1) is 5.69 Å². The number of pyridine rings is 1. The first-order valence-corrected chi connectivity index (χ1v) is 9.22. The van der Waals surface area contributed by atoms with E-state index in [4.69, 9.17) is 0 Å². The first-order chi connectivity index (χ1) is 12.2. The Morgan fingerprint density at radius 2 is 2.12 bits per heavy atom. The number of aliphatic hydroxyl groups excluding tert-OH is 1. The summed E-state index contributed by atoms with van der Waals surface area (Å²) in [5, 5.41) is 13.7. The molecule has 1 atom stereocenters. The van der Waals surface area contributed by atoms with E-state index >= 15 is 0 Å². The van der Waals surface area contributed by atoms with E-state index in [9.17, 15) is 5.11 Å². The second-order valence-electron chi connectivity index (χ2n) is 6.83. The Labute approximate surface area is 150 Å². The van der Waals surface area contributed by atoms with Gasteiger partial charge in [0.15, 0.2) is 0 Å². The summed E-state index contributed by atoms with van der Waals surface area (Å²) in [6.45, 7) is 8.31. The number of aromatic nitrogens is 3. The minimum atomic E-state index is 0.240. The zero-order chi connectivity index (χ0) is 17.5. The molecule has 0 saturated carbocycles. The molecule has 1 saturated heterocycles. The van der Waals surface area contributed by atoms with Gasteiger partial charge in [-0.3, -0.25) is 14.6 Å². The van der Waals surface area contributed by atoms with Crippen LogP contribution in [0.15, 0.2) is 36.7 Å². The molecule has 0 aliphatic carbocycles. The lowest BCUT2D eigenvalue weighted by Crippen LogP contribution is -2.53. The molecule has 0 spiro atoms. The zero-order valence-corrected chi connectivity index (χ0v) is 15.1. The van der Waals surface area contributed by atoms with Gasteiger partial charge >= 0.3 is 0 Å². The van der Waals surface area contributed by atoms with Crippen molar-refractivity contribution in [3.05, 3.63) is 48.0 Å². The van der Waals surface area contributed by atoms with E-state index in [1.807, 2.05) is 36.1 Å². The van der Waals surface area contributed by atoms with E-state index < -0.39 is 0 Å². The van der Waals surface area contributed by atoms with Crippen molar-refractivity contribution in [1.82, 2.24) is 24.6 Å². The van der Waals surface area contributed by atoms with Crippen LogP contribution in [0, 0.1) is 6.92 Å². The predicted octanol–water partition coefficient (Wildman–Crippen LogP) is 1.55. The van der Waals surface area contributed by atoms with Crippen LogP contribution in [0.25, 0.3) is 0 Å². The zero-order valence-electron chi connectivity index (χ0n) is 15.1. The molecule has 6 heteroatoms. The van der Waals surface area contributed by atoms with Crippen LogP contribution in [0.4, 0.5) is 0 Å². The van der Waals surface area contributed by atoms with E-state index in [-0.39, 0.29) is 6.61 Å². The number of aryl methyl sites for hydroxylation is 2. The third-order valence-corrected chi connectivity index (χ3v) is 4.88. The molecule has 6 nitrogen and oxygen atoms in total. The molecule has 2 aromatic heterocycles.